The van der Waals surface area contributed by atoms with Crippen LogP contribution >= 0.6 is 0 Å². The molecule has 1 fully saturated rings. The quantitative estimate of drug-likeness (QED) is 0.756. The molecule has 0 bridgehead atoms. The molecule has 144 valence electrons. The Morgan fingerprint density at radius 3 is 2.67 bits per heavy atom. The average molecular weight is 368 g/mol. The zero-order valence-corrected chi connectivity index (χ0v) is 16.1. The third-order valence-corrected chi connectivity index (χ3v) is 4.91. The van der Waals surface area contributed by atoms with Gasteiger partial charge in [0.25, 0.3) is 0 Å². The number of hydrogen-bond acceptors (Lipinski definition) is 5. The number of benzene rings is 1. The molecule has 3 rings (SSSR count). The van der Waals surface area contributed by atoms with Crippen molar-refractivity contribution in [1.82, 2.24) is 10.3 Å². The van der Waals surface area contributed by atoms with E-state index in [-0.39, 0.29) is 18.7 Å². The molecule has 0 atom stereocenters. The lowest BCUT2D eigenvalue weighted by molar-refractivity contribution is 0.150. The van der Waals surface area contributed by atoms with Gasteiger partial charge in [-0.05, 0) is 31.7 Å². The Morgan fingerprint density at radius 1 is 1.26 bits per heavy atom. The molecule has 1 heterocycles. The molecule has 2 aromatic rings. The monoisotopic (exact) mass is 368 g/mol. The average Bonchev–Trinajstić information content (AvgIpc) is 2.67. The molecule has 0 saturated heterocycles. The first-order chi connectivity index (χ1) is 13.1. The molecule has 27 heavy (non-hydrogen) atoms. The molecule has 6 heteroatoms. The second-order valence-electron chi connectivity index (χ2n) is 7.16. The fraction of sp³-hybridized carbons (Fsp3) is 0.429. The molecule has 1 aromatic heterocycles. The molecule has 0 aliphatic heterocycles. The van der Waals surface area contributed by atoms with Gasteiger partial charge in [0.1, 0.15) is 12.4 Å². The summed E-state index contributed by atoms with van der Waals surface area (Å²) in [6, 6.07) is 10.8. The number of para-hydroxylation sites is 1. The van der Waals surface area contributed by atoms with E-state index < -0.39 is 0 Å². The van der Waals surface area contributed by atoms with Crippen molar-refractivity contribution in [1.29, 1.82) is 0 Å². The highest BCUT2D eigenvalue weighted by molar-refractivity contribution is 5.93. The molecule has 1 aliphatic rings. The number of anilines is 2. The topological polar surface area (TPSA) is 66.5 Å². The number of ether oxygens (including phenoxy) is 1. The van der Waals surface area contributed by atoms with Crippen molar-refractivity contribution in [2.45, 2.75) is 37.8 Å². The van der Waals surface area contributed by atoms with Crippen LogP contribution in [0.15, 0.2) is 43.0 Å². The van der Waals surface area contributed by atoms with Gasteiger partial charge in [0.15, 0.2) is 0 Å². The van der Waals surface area contributed by atoms with Crippen LogP contribution in [0.4, 0.5) is 16.3 Å². The van der Waals surface area contributed by atoms with Crippen LogP contribution in [0.25, 0.3) is 10.9 Å². The molecule has 1 saturated carbocycles. The second kappa shape index (κ2) is 8.75. The number of fused-ring (bicyclic) bond motifs is 1. The van der Waals surface area contributed by atoms with Crippen LogP contribution in [-0.4, -0.2) is 43.9 Å². The van der Waals surface area contributed by atoms with Crippen LogP contribution < -0.4 is 15.5 Å². The van der Waals surface area contributed by atoms with Crippen molar-refractivity contribution in [2.24, 2.45) is 0 Å². The minimum Gasteiger partial charge on any atom is -0.445 e. The Morgan fingerprint density at radius 2 is 1.96 bits per heavy atom. The Kier molecular flexibility index (Phi) is 6.16. The van der Waals surface area contributed by atoms with Gasteiger partial charge in [-0.25, -0.2) is 9.78 Å². The number of alkyl carbamates (subject to hydrolysis) is 1. The molecule has 1 aromatic carbocycles. The van der Waals surface area contributed by atoms with Crippen LogP contribution in [-0.2, 0) is 4.74 Å². The molecule has 0 radical (unpaired) electrons. The number of rotatable bonds is 6. The van der Waals surface area contributed by atoms with Gasteiger partial charge in [-0.1, -0.05) is 30.9 Å². The highest BCUT2D eigenvalue weighted by Gasteiger charge is 2.23. The zero-order valence-electron chi connectivity index (χ0n) is 16.1. The predicted molar refractivity (Wildman–Crippen MR) is 110 cm³/mol. The zero-order chi connectivity index (χ0) is 19.2. The van der Waals surface area contributed by atoms with Crippen LogP contribution in [0.5, 0.6) is 0 Å². The van der Waals surface area contributed by atoms with Crippen LogP contribution in [0.1, 0.15) is 25.7 Å². The Hall–Kier alpha value is -2.76. The van der Waals surface area contributed by atoms with E-state index in [1.807, 2.05) is 32.3 Å². The molecular formula is C21H28N4O2. The first kappa shape index (κ1) is 19.0. The summed E-state index contributed by atoms with van der Waals surface area (Å²) in [7, 11) is 4.10. The van der Waals surface area contributed by atoms with Crippen molar-refractivity contribution in [3.8, 4) is 0 Å². The molecule has 6 nitrogen and oxygen atoms in total. The van der Waals surface area contributed by atoms with E-state index in [0.717, 1.165) is 48.1 Å². The van der Waals surface area contributed by atoms with Crippen LogP contribution in [0.3, 0.4) is 0 Å². The summed E-state index contributed by atoms with van der Waals surface area (Å²) in [5.41, 5.74) is 2.15. The van der Waals surface area contributed by atoms with E-state index in [9.17, 15) is 4.79 Å². The minimum absolute atomic E-state index is 0.169. The SMILES string of the molecule is C=CCOC(=O)NC1CCC(Nc2cc(N(C)C)c3ccccc3n2)CC1. The maximum Gasteiger partial charge on any atom is 0.407 e. The van der Waals surface area contributed by atoms with Crippen LogP contribution in [0, 0.1) is 0 Å². The number of hydrogen-bond donors (Lipinski definition) is 2. The lowest BCUT2D eigenvalue weighted by Crippen LogP contribution is -2.40. The number of aromatic nitrogens is 1. The molecule has 0 spiro atoms. The van der Waals surface area contributed by atoms with E-state index in [1.54, 1.807) is 6.08 Å². The number of carbonyl (C=O) groups excluding carboxylic acids is 1. The molecular weight excluding hydrogens is 340 g/mol. The van der Waals surface area contributed by atoms with Gasteiger partial charge < -0.3 is 20.3 Å². The number of amides is 1. The standard InChI is InChI=1S/C21H28N4O2/c1-4-13-27-21(26)23-16-11-9-15(10-12-16)22-20-14-19(25(2)3)17-7-5-6-8-18(17)24-20/h4-8,14-16H,1,9-13H2,2-3H3,(H,22,24)(H,23,26). The van der Waals surface area contributed by atoms with Crippen molar-refractivity contribution in [3.63, 3.8) is 0 Å². The first-order valence-electron chi connectivity index (χ1n) is 9.44. The van der Waals surface area contributed by atoms with Crippen molar-refractivity contribution < 1.29 is 9.53 Å². The lowest BCUT2D eigenvalue weighted by atomic mass is 9.91. The summed E-state index contributed by atoms with van der Waals surface area (Å²) >= 11 is 0. The lowest BCUT2D eigenvalue weighted by Gasteiger charge is -2.30. The fourth-order valence-electron chi connectivity index (χ4n) is 3.54. The normalized spacial score (nSPS) is 19.3. The summed E-state index contributed by atoms with van der Waals surface area (Å²) in [6.07, 6.45) is 5.03. The van der Waals surface area contributed by atoms with Crippen molar-refractivity contribution in [3.05, 3.63) is 43.0 Å². The summed E-state index contributed by atoms with van der Waals surface area (Å²) in [5.74, 6) is 0.902. The highest BCUT2D eigenvalue weighted by atomic mass is 16.5. The van der Waals surface area contributed by atoms with Gasteiger partial charge >= 0.3 is 6.09 Å². The molecule has 1 amide bonds. The van der Waals surface area contributed by atoms with Gasteiger partial charge in [-0.2, -0.15) is 0 Å². The fourth-order valence-corrected chi connectivity index (χ4v) is 3.54. The van der Waals surface area contributed by atoms with E-state index in [2.05, 4.69) is 34.2 Å². The number of carbonyl (C=O) groups is 1. The number of pyridine rings is 1. The van der Waals surface area contributed by atoms with E-state index in [1.165, 1.54) is 0 Å². The Balaban J connectivity index is 1.60. The van der Waals surface area contributed by atoms with Gasteiger partial charge in [0.2, 0.25) is 0 Å². The van der Waals surface area contributed by atoms with Gasteiger partial charge in [-0.3, -0.25) is 0 Å². The summed E-state index contributed by atoms with van der Waals surface area (Å²) in [4.78, 5) is 18.5. The molecule has 0 unspecified atom stereocenters. The summed E-state index contributed by atoms with van der Waals surface area (Å²) in [6.45, 7) is 3.78. The van der Waals surface area contributed by atoms with E-state index in [0.29, 0.717) is 6.04 Å². The first-order valence-corrected chi connectivity index (χ1v) is 9.44. The van der Waals surface area contributed by atoms with Crippen molar-refractivity contribution in [2.75, 3.05) is 30.9 Å². The smallest absolute Gasteiger partial charge is 0.407 e. The molecule has 2 N–H and O–H groups in total. The van der Waals surface area contributed by atoms with Gasteiger partial charge in [0, 0.05) is 43.3 Å². The Labute approximate surface area is 160 Å². The van der Waals surface area contributed by atoms with Crippen LogP contribution in [0.2, 0.25) is 0 Å². The van der Waals surface area contributed by atoms with E-state index >= 15 is 0 Å². The van der Waals surface area contributed by atoms with Gasteiger partial charge in [0.05, 0.1) is 5.52 Å². The number of nitrogens with zero attached hydrogens (tertiary/aromatic N) is 2. The maximum atomic E-state index is 11.7. The summed E-state index contributed by atoms with van der Waals surface area (Å²) in [5, 5.41) is 7.66. The van der Waals surface area contributed by atoms with Gasteiger partial charge in [-0.15, -0.1) is 0 Å². The third-order valence-electron chi connectivity index (χ3n) is 4.91. The van der Waals surface area contributed by atoms with Crippen molar-refractivity contribution >= 4 is 28.5 Å². The second-order valence-corrected chi connectivity index (χ2v) is 7.16. The Bertz CT molecular complexity index is 798. The largest absolute Gasteiger partial charge is 0.445 e. The third kappa shape index (κ3) is 4.90. The number of nitrogens with one attached hydrogen (secondary N) is 2. The summed E-state index contributed by atoms with van der Waals surface area (Å²) < 4.78 is 4.99. The maximum absolute atomic E-state index is 11.7. The predicted octanol–water partition coefficient (Wildman–Crippen LogP) is 3.94. The van der Waals surface area contributed by atoms with E-state index in [4.69, 9.17) is 9.72 Å². The minimum atomic E-state index is -0.363. The highest BCUT2D eigenvalue weighted by Crippen LogP contribution is 2.29. The molecule has 1 aliphatic carbocycles.